The number of fused-ring (bicyclic) bond motifs is 1. The van der Waals surface area contributed by atoms with E-state index in [9.17, 15) is 14.0 Å². The van der Waals surface area contributed by atoms with Crippen LogP contribution >= 0.6 is 11.6 Å². The molecule has 0 aliphatic carbocycles. The number of benzene rings is 2. The molecule has 126 valence electrons. The van der Waals surface area contributed by atoms with Gasteiger partial charge in [0.05, 0.1) is 10.7 Å². The third kappa shape index (κ3) is 3.59. The number of anilines is 1. The molecule has 0 bridgehead atoms. The van der Waals surface area contributed by atoms with Gasteiger partial charge in [-0.15, -0.1) is 0 Å². The van der Waals surface area contributed by atoms with Crippen LogP contribution in [0.25, 0.3) is 10.8 Å². The number of pyridine rings is 1. The molecule has 1 N–H and O–H groups in total. The van der Waals surface area contributed by atoms with Gasteiger partial charge in [0.1, 0.15) is 5.69 Å². The highest BCUT2D eigenvalue weighted by atomic mass is 35.5. The maximum absolute atomic E-state index is 14.0. The summed E-state index contributed by atoms with van der Waals surface area (Å²) in [6.45, 7) is 1.15. The summed E-state index contributed by atoms with van der Waals surface area (Å²) in [6.07, 6.45) is 1.52. The molecule has 0 unspecified atom stereocenters. The first-order valence-electron chi connectivity index (χ1n) is 7.28. The van der Waals surface area contributed by atoms with Gasteiger partial charge in [0.25, 0.3) is 5.91 Å². The van der Waals surface area contributed by atoms with Crippen molar-refractivity contribution in [3.8, 4) is 5.75 Å². The van der Waals surface area contributed by atoms with Gasteiger partial charge in [-0.1, -0.05) is 35.9 Å². The number of carbonyl (C=O) groups excluding carboxylic acids is 2. The second-order valence-electron chi connectivity index (χ2n) is 5.19. The third-order valence-corrected chi connectivity index (χ3v) is 3.72. The van der Waals surface area contributed by atoms with Crippen molar-refractivity contribution in [2.24, 2.45) is 0 Å². The molecule has 3 rings (SSSR count). The maximum Gasteiger partial charge on any atom is 0.308 e. The van der Waals surface area contributed by atoms with Crippen molar-refractivity contribution in [2.45, 2.75) is 6.92 Å². The molecule has 0 aliphatic rings. The van der Waals surface area contributed by atoms with Crippen molar-refractivity contribution in [3.05, 3.63) is 65.2 Å². The Morgan fingerprint density at radius 1 is 1.20 bits per heavy atom. The average Bonchev–Trinajstić information content (AvgIpc) is 2.58. The van der Waals surface area contributed by atoms with Gasteiger partial charge >= 0.3 is 5.97 Å². The molecular weight excluding hydrogens is 347 g/mol. The van der Waals surface area contributed by atoms with Crippen LogP contribution in [0.2, 0.25) is 5.02 Å². The number of esters is 1. The Kier molecular flexibility index (Phi) is 4.63. The fourth-order valence-electron chi connectivity index (χ4n) is 2.34. The average molecular weight is 359 g/mol. The van der Waals surface area contributed by atoms with Crippen molar-refractivity contribution < 1.29 is 18.7 Å². The van der Waals surface area contributed by atoms with E-state index in [1.54, 1.807) is 18.2 Å². The lowest BCUT2D eigenvalue weighted by Gasteiger charge is -2.11. The SMILES string of the molecule is CC(=O)Oc1cc(Cl)c(NC(=O)c2nccc3ccccc23)cc1F. The smallest absolute Gasteiger partial charge is 0.308 e. The summed E-state index contributed by atoms with van der Waals surface area (Å²) in [5.41, 5.74) is 0.244. The van der Waals surface area contributed by atoms with Gasteiger partial charge in [-0.25, -0.2) is 4.39 Å². The zero-order chi connectivity index (χ0) is 18.0. The van der Waals surface area contributed by atoms with Crippen molar-refractivity contribution >= 4 is 39.9 Å². The minimum Gasteiger partial charge on any atom is -0.424 e. The molecule has 5 nitrogen and oxygen atoms in total. The lowest BCUT2D eigenvalue weighted by molar-refractivity contribution is -0.132. The quantitative estimate of drug-likeness (QED) is 0.562. The Morgan fingerprint density at radius 2 is 1.96 bits per heavy atom. The monoisotopic (exact) mass is 358 g/mol. The summed E-state index contributed by atoms with van der Waals surface area (Å²) >= 11 is 6.04. The number of aromatic nitrogens is 1. The van der Waals surface area contributed by atoms with Crippen LogP contribution in [0.4, 0.5) is 10.1 Å². The second kappa shape index (κ2) is 6.86. The molecule has 0 fully saturated rings. The standard InChI is InChI=1S/C18H12ClFN2O3/c1-10(23)25-16-8-13(19)15(9-14(16)20)22-18(24)17-12-5-3-2-4-11(12)6-7-21-17/h2-9H,1H3,(H,22,24). The second-order valence-corrected chi connectivity index (χ2v) is 5.60. The summed E-state index contributed by atoms with van der Waals surface area (Å²) in [5, 5.41) is 4.07. The molecule has 0 saturated carbocycles. The van der Waals surface area contributed by atoms with Gasteiger partial charge in [-0.05, 0) is 11.5 Å². The Balaban J connectivity index is 1.93. The molecule has 0 atom stereocenters. The largest absolute Gasteiger partial charge is 0.424 e. The van der Waals surface area contributed by atoms with E-state index >= 15 is 0 Å². The van der Waals surface area contributed by atoms with E-state index in [4.69, 9.17) is 16.3 Å². The molecule has 1 heterocycles. The Labute approximate surface area is 147 Å². The van der Waals surface area contributed by atoms with Gasteiger partial charge in [0, 0.05) is 30.6 Å². The number of rotatable bonds is 3. The highest BCUT2D eigenvalue weighted by Crippen LogP contribution is 2.30. The number of hydrogen-bond acceptors (Lipinski definition) is 4. The molecule has 0 aliphatic heterocycles. The molecule has 2 aromatic carbocycles. The van der Waals surface area contributed by atoms with Crippen molar-refractivity contribution in [1.82, 2.24) is 4.98 Å². The number of hydrogen-bond donors (Lipinski definition) is 1. The summed E-state index contributed by atoms with van der Waals surface area (Å²) in [6, 6.07) is 11.2. The van der Waals surface area contributed by atoms with Gasteiger partial charge < -0.3 is 10.1 Å². The van der Waals surface area contributed by atoms with E-state index in [0.29, 0.717) is 5.39 Å². The van der Waals surface area contributed by atoms with E-state index in [1.807, 2.05) is 12.1 Å². The first-order chi connectivity index (χ1) is 12.0. The van der Waals surface area contributed by atoms with Crippen molar-refractivity contribution in [3.63, 3.8) is 0 Å². The van der Waals surface area contributed by atoms with Crippen LogP contribution < -0.4 is 10.1 Å². The molecule has 1 amide bonds. The molecular formula is C18H12ClFN2O3. The summed E-state index contributed by atoms with van der Waals surface area (Å²) in [7, 11) is 0. The maximum atomic E-state index is 14.0. The van der Waals surface area contributed by atoms with Crippen LogP contribution in [0.5, 0.6) is 5.75 Å². The molecule has 25 heavy (non-hydrogen) atoms. The summed E-state index contributed by atoms with van der Waals surface area (Å²) in [5.74, 6) is -2.33. The lowest BCUT2D eigenvalue weighted by Crippen LogP contribution is -2.15. The van der Waals surface area contributed by atoms with E-state index < -0.39 is 17.7 Å². The Bertz CT molecular complexity index is 986. The first kappa shape index (κ1) is 16.9. The van der Waals surface area contributed by atoms with Gasteiger partial charge in [-0.2, -0.15) is 0 Å². The van der Waals surface area contributed by atoms with Crippen LogP contribution in [-0.2, 0) is 4.79 Å². The van der Waals surface area contributed by atoms with Crippen LogP contribution in [0.1, 0.15) is 17.4 Å². The van der Waals surface area contributed by atoms with E-state index in [0.717, 1.165) is 24.4 Å². The molecule has 1 aromatic heterocycles. The number of nitrogens with zero attached hydrogens (tertiary/aromatic N) is 1. The highest BCUT2D eigenvalue weighted by Gasteiger charge is 2.16. The molecule has 0 spiro atoms. The van der Waals surface area contributed by atoms with E-state index in [-0.39, 0.29) is 22.2 Å². The molecule has 3 aromatic rings. The normalized spacial score (nSPS) is 10.5. The van der Waals surface area contributed by atoms with Crippen molar-refractivity contribution in [1.29, 1.82) is 0 Å². The van der Waals surface area contributed by atoms with Gasteiger partial charge in [0.15, 0.2) is 11.6 Å². The van der Waals surface area contributed by atoms with Crippen LogP contribution in [0.15, 0.2) is 48.7 Å². The van der Waals surface area contributed by atoms with Crippen molar-refractivity contribution in [2.75, 3.05) is 5.32 Å². The topological polar surface area (TPSA) is 68.3 Å². The third-order valence-electron chi connectivity index (χ3n) is 3.41. The van der Waals surface area contributed by atoms with Crippen LogP contribution in [0, 0.1) is 5.82 Å². The number of amides is 1. The minimum atomic E-state index is -0.819. The number of halogens is 2. The van der Waals surface area contributed by atoms with Gasteiger partial charge in [0.2, 0.25) is 0 Å². The molecule has 0 radical (unpaired) electrons. The van der Waals surface area contributed by atoms with Crippen LogP contribution in [0.3, 0.4) is 0 Å². The van der Waals surface area contributed by atoms with Crippen LogP contribution in [-0.4, -0.2) is 16.9 Å². The zero-order valence-corrected chi connectivity index (χ0v) is 13.8. The lowest BCUT2D eigenvalue weighted by atomic mass is 10.1. The van der Waals surface area contributed by atoms with Gasteiger partial charge in [-0.3, -0.25) is 14.6 Å². The highest BCUT2D eigenvalue weighted by molar-refractivity contribution is 6.34. The molecule has 0 saturated heterocycles. The minimum absolute atomic E-state index is 0.0336. The van der Waals surface area contributed by atoms with E-state index in [2.05, 4.69) is 10.3 Å². The number of nitrogens with one attached hydrogen (secondary N) is 1. The Hall–Kier alpha value is -2.99. The predicted molar refractivity (Wildman–Crippen MR) is 92.4 cm³/mol. The predicted octanol–water partition coefficient (Wildman–Crippen LogP) is 4.20. The number of carbonyl (C=O) groups is 2. The Morgan fingerprint density at radius 3 is 2.72 bits per heavy atom. The fraction of sp³-hybridized carbons (Fsp3) is 0.0556. The first-order valence-corrected chi connectivity index (χ1v) is 7.66. The number of ether oxygens (including phenoxy) is 1. The summed E-state index contributed by atoms with van der Waals surface area (Å²) in [4.78, 5) is 27.5. The summed E-state index contributed by atoms with van der Waals surface area (Å²) < 4.78 is 18.7. The zero-order valence-electron chi connectivity index (χ0n) is 13.0. The fourth-order valence-corrected chi connectivity index (χ4v) is 2.54. The molecule has 7 heteroatoms. The van der Waals surface area contributed by atoms with E-state index in [1.165, 1.54) is 6.20 Å².